The fourth-order valence-corrected chi connectivity index (χ4v) is 12.5. The molecule has 14 atom stereocenters. The van der Waals surface area contributed by atoms with Gasteiger partial charge in [0.05, 0.1) is 25.2 Å². The number of amides is 14. The second-order valence-corrected chi connectivity index (χ2v) is 27.9. The van der Waals surface area contributed by atoms with Crippen LogP contribution in [0.5, 0.6) is 5.75 Å². The largest absolute Gasteiger partial charge is 0.508 e. The zero-order chi connectivity index (χ0) is 79.5. The van der Waals surface area contributed by atoms with Gasteiger partial charge in [0, 0.05) is 38.9 Å². The molecule has 0 bridgehead atoms. The van der Waals surface area contributed by atoms with Gasteiger partial charge in [0.25, 0.3) is 0 Å². The van der Waals surface area contributed by atoms with Gasteiger partial charge in [0.15, 0.2) is 0 Å². The summed E-state index contributed by atoms with van der Waals surface area (Å²) >= 11 is 0. The molecule has 5 rings (SSSR count). The summed E-state index contributed by atoms with van der Waals surface area (Å²) in [6.45, 7) is 10.9. The number of benzene rings is 2. The normalized spacial score (nSPS) is 18.6. The lowest BCUT2D eigenvalue weighted by molar-refractivity contribution is -0.149. The van der Waals surface area contributed by atoms with E-state index in [1.807, 2.05) is 0 Å². The highest BCUT2D eigenvalue weighted by Crippen LogP contribution is 2.24. The number of hydrogen-bond donors (Lipinski definition) is 17. The van der Waals surface area contributed by atoms with Crippen LogP contribution in [0.1, 0.15) is 137 Å². The molecule has 0 unspecified atom stereocenters. The van der Waals surface area contributed by atoms with E-state index in [9.17, 15) is 97.1 Å². The summed E-state index contributed by atoms with van der Waals surface area (Å²) in [5, 5.41) is 67.5. The molecule has 3 aliphatic heterocycles. The highest BCUT2D eigenvalue weighted by molar-refractivity contribution is 6.00. The molecule has 36 heteroatoms. The van der Waals surface area contributed by atoms with Crippen LogP contribution in [0.25, 0.3) is 0 Å². The van der Waals surface area contributed by atoms with Crippen LogP contribution in [0, 0.1) is 11.8 Å². The topological polar surface area (TPSA) is 548 Å². The lowest BCUT2D eigenvalue weighted by Gasteiger charge is -2.32. The number of aliphatic carboxylic acids is 2. The van der Waals surface area contributed by atoms with Gasteiger partial charge in [0.2, 0.25) is 82.7 Å². The Morgan fingerprint density at radius 1 is 0.458 bits per heavy atom. The average Bonchev–Trinajstić information content (AvgIpc) is 1.77. The van der Waals surface area contributed by atoms with E-state index in [4.69, 9.17) is 11.5 Å². The first-order chi connectivity index (χ1) is 50.5. The van der Waals surface area contributed by atoms with E-state index in [1.54, 1.807) is 58.0 Å². The molecule has 3 heterocycles. The molecule has 36 nitrogen and oxygen atoms in total. The Labute approximate surface area is 620 Å². The third kappa shape index (κ3) is 26.6. The summed E-state index contributed by atoms with van der Waals surface area (Å²) in [4.78, 5) is 219. The summed E-state index contributed by atoms with van der Waals surface area (Å²) in [7, 11) is 0. The van der Waals surface area contributed by atoms with Crippen LogP contribution >= 0.6 is 0 Å². The van der Waals surface area contributed by atoms with Gasteiger partial charge in [-0.3, -0.25) is 71.9 Å². The first-order valence-corrected chi connectivity index (χ1v) is 36.1. The summed E-state index contributed by atoms with van der Waals surface area (Å²) < 4.78 is 0. The van der Waals surface area contributed by atoms with Crippen molar-refractivity contribution in [3.05, 3.63) is 65.7 Å². The van der Waals surface area contributed by atoms with Gasteiger partial charge in [-0.2, -0.15) is 0 Å². The maximum Gasteiger partial charge on any atom is 0.326 e. The lowest BCUT2D eigenvalue weighted by atomic mass is 9.98. The van der Waals surface area contributed by atoms with Crippen LogP contribution in [-0.2, 0) is 89.6 Å². The molecular weight excluding hydrogens is 1400 g/mol. The van der Waals surface area contributed by atoms with Crippen molar-refractivity contribution in [3.63, 3.8) is 0 Å². The highest BCUT2D eigenvalue weighted by Gasteiger charge is 2.44. The van der Waals surface area contributed by atoms with Crippen molar-refractivity contribution in [1.29, 1.82) is 0 Å². The minimum absolute atomic E-state index is 0.0481. The minimum Gasteiger partial charge on any atom is -0.508 e. The molecule has 0 spiro atoms. The summed E-state index contributed by atoms with van der Waals surface area (Å²) in [6.07, 6.45) is 0.297. The van der Waals surface area contributed by atoms with Crippen LogP contribution in [0.3, 0.4) is 0 Å². The number of carbonyl (C=O) groups excluding carboxylic acids is 14. The van der Waals surface area contributed by atoms with E-state index in [1.165, 1.54) is 56.9 Å². The van der Waals surface area contributed by atoms with E-state index >= 15 is 0 Å². The number of nitrogens with one attached hydrogen (secondary N) is 11. The van der Waals surface area contributed by atoms with Crippen LogP contribution < -0.4 is 70.0 Å². The van der Waals surface area contributed by atoms with Crippen LogP contribution in [0.4, 0.5) is 0 Å². The molecule has 0 aliphatic carbocycles. The fraction of sp³-hybridized carbons (Fsp3) is 0.606. The fourth-order valence-electron chi connectivity index (χ4n) is 12.5. The number of carboxylic acids is 2. The summed E-state index contributed by atoms with van der Waals surface area (Å²) in [6, 6.07) is -2.20. The highest BCUT2D eigenvalue weighted by atomic mass is 16.4. The zero-order valence-corrected chi connectivity index (χ0v) is 61.7. The number of nitrogens with zero attached hydrogens (tertiary/aromatic N) is 3. The van der Waals surface area contributed by atoms with E-state index < -0.39 is 211 Å². The molecule has 3 saturated heterocycles. The molecule has 2 aromatic rings. The van der Waals surface area contributed by atoms with Gasteiger partial charge in [-0.25, -0.2) is 4.79 Å². The van der Waals surface area contributed by atoms with Crippen molar-refractivity contribution in [1.82, 2.24) is 73.2 Å². The second kappa shape index (κ2) is 42.1. The van der Waals surface area contributed by atoms with Gasteiger partial charge in [-0.05, 0) is 127 Å². The van der Waals surface area contributed by atoms with Crippen molar-refractivity contribution in [2.75, 3.05) is 39.3 Å². The standard InChI is InChI=1S/C71H106N16O20/c1-37(2)56(82-64(99)49(33-43-17-10-9-11-18-43)80-62(97)46(73)19-12-13-29-72)67(102)83-57(38(3)4)69(104)85-30-14-20-50(85)65(100)75-35-53(90)76-40(6)60(95)77-41(7)61(96)84-58(42(8)88)70(105)86-31-15-21-51(86)66(101)81-48(34-44-23-25-45(89)26-24-44)63(98)78-39(5)59(94)74-36-54(91)79-47(27-28-55(92)93)68(103)87-32-16-22-52(87)71(106)107/h9-11,17-18,23-26,37-42,46-52,56-58,88-89H,12-16,19-22,27-36,72-73H2,1-8H3,(H,74,94)(H,75,100)(H,76,90)(H,77,95)(H,78,98)(H,79,91)(H,80,97)(H,81,101)(H,82,99)(H,83,102)(H,84,96)(H,92,93)(H,106,107)/t39-,40-,41-,42+,46-,47-,48-,49-,50-,51-,52-,56-,57-,58-/m0/s1. The number of likely N-dealkylation sites (tertiary alicyclic amines) is 3. The molecule has 19 N–H and O–H groups in total. The maximum absolute atomic E-state index is 14.3. The Kier molecular flexibility index (Phi) is 34.3. The van der Waals surface area contributed by atoms with Crippen LogP contribution in [0.2, 0.25) is 0 Å². The van der Waals surface area contributed by atoms with Gasteiger partial charge in [-0.1, -0.05) is 76.6 Å². The molecule has 3 aliphatic rings. The van der Waals surface area contributed by atoms with Crippen LogP contribution in [0.15, 0.2) is 54.6 Å². The van der Waals surface area contributed by atoms with E-state index in [-0.39, 0.29) is 70.3 Å². The molecule has 590 valence electrons. The first kappa shape index (κ1) is 87.3. The zero-order valence-electron chi connectivity index (χ0n) is 61.7. The number of unbranched alkanes of at least 4 members (excludes halogenated alkanes) is 1. The van der Waals surface area contributed by atoms with Crippen molar-refractivity contribution >= 4 is 94.6 Å². The Balaban J connectivity index is 1.13. The molecular formula is C71H106N16O20. The van der Waals surface area contributed by atoms with Crippen LogP contribution in [-0.4, -0.2) is 254 Å². The monoisotopic (exact) mass is 1500 g/mol. The third-order valence-electron chi connectivity index (χ3n) is 18.7. The number of nitrogens with two attached hydrogens (primary N) is 2. The van der Waals surface area contributed by atoms with E-state index in [0.29, 0.717) is 44.2 Å². The quantitative estimate of drug-likeness (QED) is 0.0282. The van der Waals surface area contributed by atoms with Gasteiger partial charge in [0.1, 0.15) is 78.3 Å². The van der Waals surface area contributed by atoms with Gasteiger partial charge >= 0.3 is 11.9 Å². The molecule has 3 fully saturated rings. The Bertz CT molecular complexity index is 3490. The second-order valence-electron chi connectivity index (χ2n) is 27.9. The van der Waals surface area contributed by atoms with Gasteiger partial charge in [-0.15, -0.1) is 0 Å². The molecule has 0 saturated carbocycles. The number of aromatic hydroxyl groups is 1. The average molecular weight is 1500 g/mol. The van der Waals surface area contributed by atoms with Crippen molar-refractivity contribution in [3.8, 4) is 5.75 Å². The predicted octanol–water partition coefficient (Wildman–Crippen LogP) is -4.10. The predicted molar refractivity (Wildman–Crippen MR) is 383 cm³/mol. The number of phenols is 1. The molecule has 107 heavy (non-hydrogen) atoms. The lowest BCUT2D eigenvalue weighted by Crippen LogP contribution is -2.61. The number of phenolic OH excluding ortho intramolecular Hbond substituents is 1. The summed E-state index contributed by atoms with van der Waals surface area (Å²) in [5.41, 5.74) is 12.9. The van der Waals surface area contributed by atoms with E-state index in [2.05, 4.69) is 58.5 Å². The molecule has 0 aromatic heterocycles. The summed E-state index contributed by atoms with van der Waals surface area (Å²) in [5.74, 6) is -15.0. The maximum atomic E-state index is 14.3. The number of hydrogen-bond acceptors (Lipinski definition) is 20. The SMILES string of the molecule is CC(C)[C@H](NC(=O)[C@H](Cc1ccccc1)NC(=O)[C@@H](N)CCCCN)C(=O)N[C@H](C(=O)N1CCC[C@H]1C(=O)NCC(=O)N[C@@H](C)C(=O)N[C@@H](C)C(=O)N[C@H](C(=O)N1CCC[C@H]1C(=O)N[C@@H](Cc1ccc(O)cc1)C(=O)N[C@@H](C)C(=O)NCC(=O)N[C@@H](CCC(=O)O)C(=O)N1CCC[C@H]1C(=O)O)[C@@H](C)O)C(C)C. The minimum atomic E-state index is -1.70. The first-order valence-electron chi connectivity index (χ1n) is 36.1. The Morgan fingerprint density at radius 3 is 1.49 bits per heavy atom. The third-order valence-corrected chi connectivity index (χ3v) is 18.7. The molecule has 14 amide bonds. The van der Waals surface area contributed by atoms with Gasteiger partial charge < -0.3 is 105 Å². The number of rotatable bonds is 40. The molecule has 2 aromatic carbocycles. The number of carboxylic acid groups (broad SMARTS) is 2. The van der Waals surface area contributed by atoms with E-state index in [0.717, 1.165) is 15.4 Å². The number of aliphatic hydroxyl groups excluding tert-OH is 1. The Morgan fingerprint density at radius 2 is 0.925 bits per heavy atom. The van der Waals surface area contributed by atoms with Crippen molar-refractivity contribution in [2.45, 2.75) is 224 Å². The number of aliphatic hydroxyl groups is 1. The smallest absolute Gasteiger partial charge is 0.326 e. The van der Waals surface area contributed by atoms with Crippen molar-refractivity contribution in [2.24, 2.45) is 23.3 Å². The molecule has 0 radical (unpaired) electrons. The van der Waals surface area contributed by atoms with Crippen molar-refractivity contribution < 1.29 is 97.1 Å². The number of carbonyl (C=O) groups is 16. The Hall–Kier alpha value is -10.4.